The first-order valence-electron chi connectivity index (χ1n) is 10.4. The predicted octanol–water partition coefficient (Wildman–Crippen LogP) is 2.98. The third kappa shape index (κ3) is 4.47. The lowest BCUT2D eigenvalue weighted by Crippen LogP contribution is -2.45. The quantitative estimate of drug-likeness (QED) is 0.249. The van der Waals surface area contributed by atoms with Crippen molar-refractivity contribution in [3.05, 3.63) is 68.9 Å². The Hall–Kier alpha value is -2.97. The number of aryl methyl sites for hydroxylation is 1. The molecule has 1 aliphatic carbocycles. The Bertz CT molecular complexity index is 1110. The molecule has 7 nitrogen and oxygen atoms in total. The van der Waals surface area contributed by atoms with Crippen molar-refractivity contribution in [3.8, 4) is 0 Å². The molecule has 4 rings (SSSR count). The topological polar surface area (TPSA) is 116 Å². The van der Waals surface area contributed by atoms with E-state index in [9.17, 15) is 14.4 Å². The summed E-state index contributed by atoms with van der Waals surface area (Å²) < 4.78 is 0.513. The highest BCUT2D eigenvalue weighted by Gasteiger charge is 2.51. The molecule has 1 aliphatic heterocycles. The minimum atomic E-state index is -0.590. The number of thiophene rings is 1. The fourth-order valence-corrected chi connectivity index (χ4v) is 5.26. The number of rotatable bonds is 7. The number of fused-ring (bicyclic) bond motifs is 1. The van der Waals surface area contributed by atoms with E-state index in [1.807, 2.05) is 24.3 Å². The van der Waals surface area contributed by atoms with Gasteiger partial charge in [-0.15, -0.1) is 11.3 Å². The highest BCUT2D eigenvalue weighted by Crippen LogP contribution is 2.36. The second kappa shape index (κ2) is 9.26. The molecule has 3 atom stereocenters. The second-order valence-corrected chi connectivity index (χ2v) is 9.66. The molecule has 2 heterocycles. The number of hydrogen-bond donors (Lipinski definition) is 3. The zero-order chi connectivity index (χ0) is 22.8. The highest BCUT2D eigenvalue weighted by molar-refractivity contribution is 7.18. The Morgan fingerprint density at radius 2 is 2.06 bits per heavy atom. The minimum Gasteiger partial charge on any atom is -0.384 e. The number of nitrogens with one attached hydrogen (secondary N) is 2. The van der Waals surface area contributed by atoms with Crippen LogP contribution < -0.4 is 11.1 Å². The van der Waals surface area contributed by atoms with Gasteiger partial charge in [-0.1, -0.05) is 42.0 Å². The van der Waals surface area contributed by atoms with E-state index in [2.05, 4.69) is 5.32 Å². The number of halogens is 1. The van der Waals surface area contributed by atoms with Gasteiger partial charge in [-0.3, -0.25) is 24.7 Å². The Morgan fingerprint density at radius 1 is 1.25 bits per heavy atom. The number of allylic oxidation sites excluding steroid dienone is 1. The summed E-state index contributed by atoms with van der Waals surface area (Å²) in [5, 5.41) is 10.4. The van der Waals surface area contributed by atoms with E-state index < -0.39 is 17.9 Å². The monoisotopic (exact) mass is 470 g/mol. The number of carbonyl (C=O) groups excluding carboxylic acids is 3. The summed E-state index contributed by atoms with van der Waals surface area (Å²) in [6.07, 6.45) is 5.41. The average Bonchev–Trinajstić information content (AvgIpc) is 3.31. The number of amides is 3. The van der Waals surface area contributed by atoms with Gasteiger partial charge < -0.3 is 11.1 Å². The summed E-state index contributed by atoms with van der Waals surface area (Å²) in [7, 11) is 0. The molecule has 1 aromatic heterocycles. The Morgan fingerprint density at radius 3 is 2.78 bits per heavy atom. The minimum absolute atomic E-state index is 0.00577. The van der Waals surface area contributed by atoms with E-state index >= 15 is 0 Å². The van der Waals surface area contributed by atoms with E-state index in [1.165, 1.54) is 16.2 Å². The van der Waals surface area contributed by atoms with E-state index in [1.54, 1.807) is 24.3 Å². The number of nitrogens with two attached hydrogens (primary N) is 1. The summed E-state index contributed by atoms with van der Waals surface area (Å²) in [6.45, 7) is 0.316. The van der Waals surface area contributed by atoms with Crippen LogP contribution in [0.1, 0.15) is 33.6 Å². The highest BCUT2D eigenvalue weighted by atomic mass is 35.5. The van der Waals surface area contributed by atoms with Crippen molar-refractivity contribution in [1.82, 2.24) is 10.2 Å². The van der Waals surface area contributed by atoms with Crippen LogP contribution in [0.15, 0.2) is 48.6 Å². The number of likely N-dealkylation sites (tertiary alicyclic amines) is 1. The number of carbonyl (C=O) groups is 3. The third-order valence-electron chi connectivity index (χ3n) is 5.87. The van der Waals surface area contributed by atoms with Gasteiger partial charge in [0.25, 0.3) is 5.91 Å². The molecule has 9 heteroatoms. The van der Waals surface area contributed by atoms with Crippen molar-refractivity contribution in [2.24, 2.45) is 17.6 Å². The fraction of sp³-hybridized carbons (Fsp3) is 0.304. The number of nitrogen functional groups attached to an aromatic ring is 1. The van der Waals surface area contributed by atoms with Crippen LogP contribution in [-0.4, -0.2) is 41.0 Å². The lowest BCUT2D eigenvalue weighted by atomic mass is 9.81. The molecule has 3 unspecified atom stereocenters. The normalized spacial score (nSPS) is 22.2. The van der Waals surface area contributed by atoms with Crippen LogP contribution >= 0.6 is 22.9 Å². The molecule has 1 saturated heterocycles. The summed E-state index contributed by atoms with van der Waals surface area (Å²) in [6, 6.07) is 10.2. The standard InChI is InChI=1S/C23H23ClN4O3S/c24-18-10-9-17(32-18)21(29)27-16-8-2-7-15-19(16)23(31)28(22(15)30)11-3-5-13-4-1-6-14(12-13)20(25)26/h1-2,4,6,8-10,12,15-16,19H,3,5,7,11H2,(H3,25,26)(H,27,29). The van der Waals surface area contributed by atoms with Gasteiger partial charge in [-0.05, 0) is 43.0 Å². The van der Waals surface area contributed by atoms with Gasteiger partial charge in [0.05, 0.1) is 27.1 Å². The van der Waals surface area contributed by atoms with Crippen molar-refractivity contribution in [2.75, 3.05) is 6.54 Å². The van der Waals surface area contributed by atoms with Gasteiger partial charge in [0.2, 0.25) is 11.8 Å². The van der Waals surface area contributed by atoms with E-state index in [0.29, 0.717) is 40.6 Å². The van der Waals surface area contributed by atoms with E-state index in [-0.39, 0.29) is 23.6 Å². The van der Waals surface area contributed by atoms with Crippen LogP contribution in [0.25, 0.3) is 0 Å². The van der Waals surface area contributed by atoms with Gasteiger partial charge in [-0.2, -0.15) is 0 Å². The SMILES string of the molecule is N=C(N)c1cccc(CCCN2C(=O)C3CC=CC(NC(=O)c4ccc(Cl)s4)C3C2=O)c1. The number of amidine groups is 1. The van der Waals surface area contributed by atoms with Crippen molar-refractivity contribution >= 4 is 46.5 Å². The zero-order valence-corrected chi connectivity index (χ0v) is 18.8. The summed E-state index contributed by atoms with van der Waals surface area (Å²) in [5.74, 6) is -1.76. The third-order valence-corrected chi connectivity index (χ3v) is 7.10. The largest absolute Gasteiger partial charge is 0.384 e. The van der Waals surface area contributed by atoms with Gasteiger partial charge in [0.1, 0.15) is 5.84 Å². The molecule has 0 radical (unpaired) electrons. The molecule has 2 aliphatic rings. The first kappa shape index (κ1) is 22.2. The molecule has 1 fully saturated rings. The van der Waals surface area contributed by atoms with Gasteiger partial charge in [-0.25, -0.2) is 0 Å². The molecule has 0 spiro atoms. The summed E-state index contributed by atoms with van der Waals surface area (Å²) in [5.41, 5.74) is 7.19. The van der Waals surface area contributed by atoms with Crippen molar-refractivity contribution in [2.45, 2.75) is 25.3 Å². The van der Waals surface area contributed by atoms with Crippen molar-refractivity contribution in [3.63, 3.8) is 0 Å². The Labute approximate surface area is 194 Å². The summed E-state index contributed by atoms with van der Waals surface area (Å²) >= 11 is 7.09. The number of imide groups is 1. The lowest BCUT2D eigenvalue weighted by Gasteiger charge is -2.26. The van der Waals surface area contributed by atoms with Crippen LogP contribution in [0, 0.1) is 17.2 Å². The molecule has 3 amide bonds. The van der Waals surface area contributed by atoms with Crippen LogP contribution in [0.2, 0.25) is 4.34 Å². The van der Waals surface area contributed by atoms with E-state index in [4.69, 9.17) is 22.7 Å². The molecular weight excluding hydrogens is 448 g/mol. The molecule has 1 aromatic carbocycles. The van der Waals surface area contributed by atoms with Gasteiger partial charge >= 0.3 is 0 Å². The van der Waals surface area contributed by atoms with Gasteiger partial charge in [0.15, 0.2) is 0 Å². The van der Waals surface area contributed by atoms with Crippen LogP contribution in [-0.2, 0) is 16.0 Å². The number of benzene rings is 1. The average molecular weight is 471 g/mol. The molecule has 0 bridgehead atoms. The first-order valence-corrected chi connectivity index (χ1v) is 11.6. The molecule has 32 heavy (non-hydrogen) atoms. The number of hydrogen-bond acceptors (Lipinski definition) is 5. The molecular formula is C23H23ClN4O3S. The zero-order valence-electron chi connectivity index (χ0n) is 17.2. The first-order chi connectivity index (χ1) is 15.3. The van der Waals surface area contributed by atoms with Crippen molar-refractivity contribution in [1.29, 1.82) is 5.41 Å². The maximum atomic E-state index is 13.1. The second-order valence-electron chi connectivity index (χ2n) is 7.94. The molecule has 2 aromatic rings. The van der Waals surface area contributed by atoms with Crippen LogP contribution in [0.4, 0.5) is 0 Å². The van der Waals surface area contributed by atoms with E-state index in [0.717, 1.165) is 5.56 Å². The summed E-state index contributed by atoms with van der Waals surface area (Å²) in [4.78, 5) is 40.4. The van der Waals surface area contributed by atoms with Crippen LogP contribution in [0.5, 0.6) is 0 Å². The lowest BCUT2D eigenvalue weighted by molar-refractivity contribution is -0.140. The Balaban J connectivity index is 1.40. The predicted molar refractivity (Wildman–Crippen MR) is 124 cm³/mol. The smallest absolute Gasteiger partial charge is 0.261 e. The fourth-order valence-electron chi connectivity index (χ4n) is 4.31. The molecule has 4 N–H and O–H groups in total. The van der Waals surface area contributed by atoms with Crippen LogP contribution in [0.3, 0.4) is 0 Å². The van der Waals surface area contributed by atoms with Gasteiger partial charge in [0, 0.05) is 12.1 Å². The maximum absolute atomic E-state index is 13.1. The maximum Gasteiger partial charge on any atom is 0.261 e. The molecule has 166 valence electrons. The van der Waals surface area contributed by atoms with Crippen molar-refractivity contribution < 1.29 is 14.4 Å². The Kier molecular flexibility index (Phi) is 6.43. The number of nitrogens with zero attached hydrogens (tertiary/aromatic N) is 1. The molecule has 0 saturated carbocycles.